The molecule has 0 aliphatic carbocycles. The standard InChI is InChI=1S/C18H26N2O4S/c1-6-9-23-17(22)13-7-8-14(15(10-13)25-12-19)20(5)11-16(21)24-18(2,3)4/h7-8,10,12,19H,6,9,11H2,1-5H3. The molecule has 0 radical (unpaired) electrons. The Morgan fingerprint density at radius 1 is 1.32 bits per heavy atom. The summed E-state index contributed by atoms with van der Waals surface area (Å²) in [6, 6.07) is 5.08. The first-order chi connectivity index (χ1) is 11.7. The number of benzene rings is 1. The molecule has 138 valence electrons. The monoisotopic (exact) mass is 366 g/mol. The maximum absolute atomic E-state index is 12.0. The Balaban J connectivity index is 2.96. The Kier molecular flexibility index (Phi) is 7.96. The fraction of sp³-hybridized carbons (Fsp3) is 0.500. The van der Waals surface area contributed by atoms with Crippen molar-refractivity contribution >= 4 is 34.9 Å². The summed E-state index contributed by atoms with van der Waals surface area (Å²) >= 11 is 1.17. The quantitative estimate of drug-likeness (QED) is 0.327. The summed E-state index contributed by atoms with van der Waals surface area (Å²) in [5.41, 5.74) is 1.80. The largest absolute Gasteiger partial charge is 0.462 e. The molecule has 0 aromatic heterocycles. The van der Waals surface area contributed by atoms with Crippen LogP contribution >= 0.6 is 11.8 Å². The first-order valence-corrected chi connectivity index (χ1v) is 8.95. The Bertz CT molecular complexity index is 626. The molecule has 0 atom stereocenters. The predicted molar refractivity (Wildman–Crippen MR) is 101 cm³/mol. The summed E-state index contributed by atoms with van der Waals surface area (Å²) in [4.78, 5) is 26.5. The normalized spacial score (nSPS) is 10.9. The molecule has 7 heteroatoms. The molecule has 6 nitrogen and oxygen atoms in total. The van der Waals surface area contributed by atoms with E-state index in [9.17, 15) is 9.59 Å². The van der Waals surface area contributed by atoms with E-state index in [1.165, 1.54) is 17.3 Å². The summed E-state index contributed by atoms with van der Waals surface area (Å²) in [6.45, 7) is 7.82. The van der Waals surface area contributed by atoms with Crippen LogP contribution in [0.5, 0.6) is 0 Å². The lowest BCUT2D eigenvalue weighted by atomic mass is 10.2. The van der Waals surface area contributed by atoms with Gasteiger partial charge >= 0.3 is 11.9 Å². The second-order valence-electron chi connectivity index (χ2n) is 6.50. The van der Waals surface area contributed by atoms with E-state index < -0.39 is 11.6 Å². The number of rotatable bonds is 8. The van der Waals surface area contributed by atoms with Crippen molar-refractivity contribution in [2.45, 2.75) is 44.6 Å². The van der Waals surface area contributed by atoms with Crippen LogP contribution in [-0.2, 0) is 14.3 Å². The molecule has 0 aliphatic rings. The number of hydrogen-bond donors (Lipinski definition) is 1. The first kappa shape index (κ1) is 21.0. The van der Waals surface area contributed by atoms with E-state index in [4.69, 9.17) is 14.9 Å². The third-order valence-corrected chi connectivity index (χ3v) is 3.71. The molecule has 0 unspecified atom stereocenters. The molecule has 0 fully saturated rings. The topological polar surface area (TPSA) is 79.7 Å². The van der Waals surface area contributed by atoms with E-state index in [1.807, 2.05) is 27.7 Å². The zero-order chi connectivity index (χ0) is 19.0. The first-order valence-electron chi connectivity index (χ1n) is 8.07. The Hall–Kier alpha value is -2.02. The molecular formula is C18H26N2O4S. The number of esters is 2. The van der Waals surface area contributed by atoms with Crippen molar-refractivity contribution in [3.8, 4) is 0 Å². The maximum Gasteiger partial charge on any atom is 0.338 e. The predicted octanol–water partition coefficient (Wildman–Crippen LogP) is 3.73. The van der Waals surface area contributed by atoms with Gasteiger partial charge in [0.05, 0.1) is 23.4 Å². The van der Waals surface area contributed by atoms with Gasteiger partial charge in [0.2, 0.25) is 0 Å². The van der Waals surface area contributed by atoms with Crippen LogP contribution in [0.15, 0.2) is 23.1 Å². The van der Waals surface area contributed by atoms with Crippen molar-refractivity contribution in [3.05, 3.63) is 23.8 Å². The summed E-state index contributed by atoms with van der Waals surface area (Å²) in [6.07, 6.45) is 0.755. The number of nitrogens with one attached hydrogen (secondary N) is 1. The lowest BCUT2D eigenvalue weighted by Crippen LogP contribution is -2.33. The second kappa shape index (κ2) is 9.46. The Morgan fingerprint density at radius 3 is 2.56 bits per heavy atom. The minimum absolute atomic E-state index is 0.0719. The fourth-order valence-electron chi connectivity index (χ4n) is 2.05. The molecule has 1 N–H and O–H groups in total. The van der Waals surface area contributed by atoms with Crippen LogP contribution in [0.4, 0.5) is 5.69 Å². The fourth-order valence-corrected chi connectivity index (χ4v) is 2.71. The molecule has 25 heavy (non-hydrogen) atoms. The van der Waals surface area contributed by atoms with Crippen LogP contribution in [0.3, 0.4) is 0 Å². The molecule has 0 amide bonds. The number of ether oxygens (including phenoxy) is 2. The van der Waals surface area contributed by atoms with Crippen LogP contribution in [0.1, 0.15) is 44.5 Å². The number of thioether (sulfide) groups is 1. The highest BCUT2D eigenvalue weighted by Crippen LogP contribution is 2.30. The van der Waals surface area contributed by atoms with Crippen molar-refractivity contribution in [1.82, 2.24) is 0 Å². The van der Waals surface area contributed by atoms with E-state index in [0.29, 0.717) is 17.1 Å². The molecule has 1 rings (SSSR count). The van der Waals surface area contributed by atoms with Gasteiger partial charge in [-0.15, -0.1) is 0 Å². The molecule has 1 aromatic rings. The molecule has 0 bridgehead atoms. The number of anilines is 1. The Morgan fingerprint density at radius 2 is 2.00 bits per heavy atom. The molecule has 1 aromatic carbocycles. The van der Waals surface area contributed by atoms with Gasteiger partial charge in [-0.1, -0.05) is 18.7 Å². The van der Waals surface area contributed by atoms with Crippen LogP contribution in [-0.4, -0.2) is 43.3 Å². The average molecular weight is 366 g/mol. The summed E-state index contributed by atoms with van der Waals surface area (Å²) in [7, 11) is 1.77. The van der Waals surface area contributed by atoms with E-state index in [2.05, 4.69) is 0 Å². The van der Waals surface area contributed by atoms with Crippen molar-refractivity contribution < 1.29 is 19.1 Å². The molecule has 0 saturated carbocycles. The second-order valence-corrected chi connectivity index (χ2v) is 7.41. The highest BCUT2D eigenvalue weighted by atomic mass is 32.2. The highest BCUT2D eigenvalue weighted by Gasteiger charge is 2.19. The molecule has 0 heterocycles. The lowest BCUT2D eigenvalue weighted by Gasteiger charge is -2.25. The van der Waals surface area contributed by atoms with Crippen LogP contribution in [0, 0.1) is 5.41 Å². The van der Waals surface area contributed by atoms with Crippen molar-refractivity contribution in [2.24, 2.45) is 0 Å². The third kappa shape index (κ3) is 7.17. The van der Waals surface area contributed by atoms with Gasteiger partial charge in [-0.25, -0.2) is 4.79 Å². The van der Waals surface area contributed by atoms with Crippen LogP contribution in [0.25, 0.3) is 0 Å². The number of hydrogen-bond acceptors (Lipinski definition) is 7. The minimum Gasteiger partial charge on any atom is -0.462 e. The summed E-state index contributed by atoms with van der Waals surface area (Å²) in [5, 5.41) is 7.34. The van der Waals surface area contributed by atoms with Gasteiger partial charge < -0.3 is 19.8 Å². The van der Waals surface area contributed by atoms with Gasteiger partial charge in [0.15, 0.2) is 0 Å². The molecule has 0 saturated heterocycles. The number of carbonyl (C=O) groups is 2. The lowest BCUT2D eigenvalue weighted by molar-refractivity contribution is -0.152. The number of carbonyl (C=O) groups excluding carboxylic acids is 2. The zero-order valence-corrected chi connectivity index (χ0v) is 16.2. The molecule has 0 spiro atoms. The van der Waals surface area contributed by atoms with Crippen molar-refractivity contribution in [1.29, 1.82) is 5.41 Å². The number of likely N-dealkylation sites (N-methyl/N-ethyl adjacent to an activating group) is 1. The van der Waals surface area contributed by atoms with Crippen LogP contribution < -0.4 is 4.90 Å². The van der Waals surface area contributed by atoms with E-state index in [0.717, 1.165) is 12.1 Å². The van der Waals surface area contributed by atoms with Crippen molar-refractivity contribution in [3.63, 3.8) is 0 Å². The van der Waals surface area contributed by atoms with E-state index in [-0.39, 0.29) is 12.5 Å². The van der Waals surface area contributed by atoms with Gasteiger partial charge in [-0.2, -0.15) is 0 Å². The minimum atomic E-state index is -0.544. The number of nitrogens with zero attached hydrogens (tertiary/aromatic N) is 1. The van der Waals surface area contributed by atoms with Gasteiger partial charge in [-0.3, -0.25) is 4.79 Å². The highest BCUT2D eigenvalue weighted by molar-refractivity contribution is 8.12. The summed E-state index contributed by atoms with van der Waals surface area (Å²) in [5.74, 6) is -0.734. The van der Waals surface area contributed by atoms with Gasteiger partial charge in [0.25, 0.3) is 0 Å². The SMILES string of the molecule is CCCOC(=O)c1ccc(N(C)CC(=O)OC(C)(C)C)c(SC=N)c1. The van der Waals surface area contributed by atoms with Crippen LogP contribution in [0.2, 0.25) is 0 Å². The third-order valence-electron chi connectivity index (χ3n) is 3.02. The summed E-state index contributed by atoms with van der Waals surface area (Å²) < 4.78 is 10.5. The maximum atomic E-state index is 12.0. The smallest absolute Gasteiger partial charge is 0.338 e. The van der Waals surface area contributed by atoms with Gasteiger partial charge in [0.1, 0.15) is 12.1 Å². The van der Waals surface area contributed by atoms with Gasteiger partial charge in [0, 0.05) is 11.9 Å². The zero-order valence-electron chi connectivity index (χ0n) is 15.4. The van der Waals surface area contributed by atoms with E-state index >= 15 is 0 Å². The molecule has 0 aliphatic heterocycles. The average Bonchev–Trinajstić information content (AvgIpc) is 2.50. The molecular weight excluding hydrogens is 340 g/mol. The van der Waals surface area contributed by atoms with Gasteiger partial charge in [-0.05, 0) is 45.4 Å². The Labute approximate surface area is 153 Å². The van der Waals surface area contributed by atoms with E-state index in [1.54, 1.807) is 30.1 Å². The van der Waals surface area contributed by atoms with Crippen molar-refractivity contribution in [2.75, 3.05) is 25.1 Å².